The third-order valence-corrected chi connectivity index (χ3v) is 5.03. The lowest BCUT2D eigenvalue weighted by Crippen LogP contribution is -2.25. The van der Waals surface area contributed by atoms with E-state index in [9.17, 15) is 13.2 Å². The van der Waals surface area contributed by atoms with Gasteiger partial charge in [-0.25, -0.2) is 8.42 Å². The molecule has 6 heteroatoms. The Kier molecular flexibility index (Phi) is 3.62. The number of hydrogen-bond acceptors (Lipinski definition) is 3. The van der Waals surface area contributed by atoms with Gasteiger partial charge in [-0.2, -0.15) is 0 Å². The van der Waals surface area contributed by atoms with Crippen molar-refractivity contribution in [1.82, 2.24) is 0 Å². The van der Waals surface area contributed by atoms with E-state index >= 15 is 0 Å². The second-order valence-corrected chi connectivity index (χ2v) is 6.76. The molecule has 0 saturated heterocycles. The van der Waals surface area contributed by atoms with E-state index in [0.29, 0.717) is 18.7 Å². The topological polar surface area (TPSA) is 66.5 Å². The standard InChI is InChI=1S/C16H16N2O3S/c1-2-18-15-9-8-13(10-12(15)11-16(18)19)17-22(20,21)14-6-4-3-5-7-14/h3-10,17H,2,11H2,1H3. The maximum atomic E-state index is 12.3. The molecular weight excluding hydrogens is 300 g/mol. The van der Waals surface area contributed by atoms with Crippen molar-refractivity contribution < 1.29 is 13.2 Å². The number of fused-ring (bicyclic) bond motifs is 1. The first-order chi connectivity index (χ1) is 10.5. The molecule has 1 heterocycles. The Labute approximate surface area is 129 Å². The van der Waals surface area contributed by atoms with Crippen LogP contribution in [-0.4, -0.2) is 20.9 Å². The average Bonchev–Trinajstić information content (AvgIpc) is 2.82. The third kappa shape index (κ3) is 2.57. The van der Waals surface area contributed by atoms with E-state index in [0.717, 1.165) is 11.3 Å². The van der Waals surface area contributed by atoms with Gasteiger partial charge in [0.1, 0.15) is 0 Å². The number of carbonyl (C=O) groups is 1. The maximum absolute atomic E-state index is 12.3. The highest BCUT2D eigenvalue weighted by Gasteiger charge is 2.26. The summed E-state index contributed by atoms with van der Waals surface area (Å²) in [5.74, 6) is 0.0422. The predicted octanol–water partition coefficient (Wildman–Crippen LogP) is 2.40. The minimum Gasteiger partial charge on any atom is -0.312 e. The molecule has 0 spiro atoms. The van der Waals surface area contributed by atoms with Crippen LogP contribution in [0, 0.1) is 0 Å². The van der Waals surface area contributed by atoms with Crippen molar-refractivity contribution in [2.45, 2.75) is 18.2 Å². The lowest BCUT2D eigenvalue weighted by Gasteiger charge is -2.15. The summed E-state index contributed by atoms with van der Waals surface area (Å²) in [5.41, 5.74) is 2.17. The Morgan fingerprint density at radius 2 is 1.86 bits per heavy atom. The van der Waals surface area contributed by atoms with E-state index in [2.05, 4.69) is 4.72 Å². The summed E-state index contributed by atoms with van der Waals surface area (Å²) in [7, 11) is -3.61. The summed E-state index contributed by atoms with van der Waals surface area (Å²) in [5, 5.41) is 0. The first-order valence-electron chi connectivity index (χ1n) is 7.02. The van der Waals surface area contributed by atoms with Crippen molar-refractivity contribution in [2.75, 3.05) is 16.2 Å². The zero-order chi connectivity index (χ0) is 15.7. The molecule has 2 aromatic carbocycles. The number of sulfonamides is 1. The van der Waals surface area contributed by atoms with Crippen molar-refractivity contribution in [3.8, 4) is 0 Å². The van der Waals surface area contributed by atoms with Gasteiger partial charge in [-0.3, -0.25) is 9.52 Å². The molecule has 0 radical (unpaired) electrons. The minimum atomic E-state index is -3.61. The fourth-order valence-corrected chi connectivity index (χ4v) is 3.68. The zero-order valence-electron chi connectivity index (χ0n) is 12.1. The third-order valence-electron chi connectivity index (χ3n) is 3.63. The van der Waals surface area contributed by atoms with Gasteiger partial charge in [-0.1, -0.05) is 18.2 Å². The van der Waals surface area contributed by atoms with Crippen molar-refractivity contribution in [3.05, 3.63) is 54.1 Å². The molecule has 1 amide bonds. The lowest BCUT2D eigenvalue weighted by atomic mass is 10.1. The van der Waals surface area contributed by atoms with Gasteiger partial charge in [-0.15, -0.1) is 0 Å². The van der Waals surface area contributed by atoms with Crippen LogP contribution in [0.25, 0.3) is 0 Å². The van der Waals surface area contributed by atoms with Gasteiger partial charge in [0.15, 0.2) is 0 Å². The van der Waals surface area contributed by atoms with Gasteiger partial charge < -0.3 is 4.90 Å². The summed E-state index contributed by atoms with van der Waals surface area (Å²) in [6.07, 6.45) is 0.310. The van der Waals surface area contributed by atoms with Crippen LogP contribution >= 0.6 is 0 Å². The van der Waals surface area contributed by atoms with Gasteiger partial charge in [0.2, 0.25) is 5.91 Å². The Morgan fingerprint density at radius 3 is 2.55 bits per heavy atom. The fourth-order valence-electron chi connectivity index (χ4n) is 2.61. The number of rotatable bonds is 4. The minimum absolute atomic E-state index is 0.0422. The highest BCUT2D eigenvalue weighted by molar-refractivity contribution is 7.92. The Morgan fingerprint density at radius 1 is 1.14 bits per heavy atom. The van der Waals surface area contributed by atoms with Crippen molar-refractivity contribution in [2.24, 2.45) is 0 Å². The molecule has 5 nitrogen and oxygen atoms in total. The monoisotopic (exact) mass is 316 g/mol. The number of benzene rings is 2. The van der Waals surface area contributed by atoms with E-state index in [4.69, 9.17) is 0 Å². The Balaban J connectivity index is 1.90. The van der Waals surface area contributed by atoms with Crippen molar-refractivity contribution in [3.63, 3.8) is 0 Å². The molecule has 3 rings (SSSR count). The van der Waals surface area contributed by atoms with Gasteiger partial charge in [-0.05, 0) is 42.8 Å². The zero-order valence-corrected chi connectivity index (χ0v) is 12.9. The van der Waals surface area contributed by atoms with E-state index in [1.54, 1.807) is 41.3 Å². The number of amides is 1. The van der Waals surface area contributed by atoms with Crippen molar-refractivity contribution >= 4 is 27.3 Å². The van der Waals surface area contributed by atoms with Gasteiger partial charge in [0, 0.05) is 17.9 Å². The van der Waals surface area contributed by atoms with Crippen molar-refractivity contribution in [1.29, 1.82) is 0 Å². The predicted molar refractivity (Wildman–Crippen MR) is 85.4 cm³/mol. The Hall–Kier alpha value is -2.34. The molecule has 0 aliphatic carbocycles. The van der Waals surface area contributed by atoms with E-state index in [1.807, 2.05) is 6.92 Å². The number of likely N-dealkylation sites (N-methyl/N-ethyl adjacent to an activating group) is 1. The number of nitrogens with one attached hydrogen (secondary N) is 1. The first kappa shape index (κ1) is 14.6. The largest absolute Gasteiger partial charge is 0.312 e. The number of anilines is 2. The maximum Gasteiger partial charge on any atom is 0.261 e. The molecule has 0 saturated carbocycles. The molecule has 2 aromatic rings. The molecular formula is C16H16N2O3S. The van der Waals surface area contributed by atoms with Gasteiger partial charge in [0.05, 0.1) is 11.3 Å². The average molecular weight is 316 g/mol. The number of hydrogen-bond donors (Lipinski definition) is 1. The summed E-state index contributed by atoms with van der Waals surface area (Å²) in [4.78, 5) is 13.8. The van der Waals surface area contributed by atoms with Crippen LogP contribution in [0.3, 0.4) is 0 Å². The molecule has 1 aliphatic rings. The van der Waals surface area contributed by atoms with Gasteiger partial charge >= 0.3 is 0 Å². The summed E-state index contributed by atoms with van der Waals surface area (Å²) >= 11 is 0. The molecule has 1 aliphatic heterocycles. The quantitative estimate of drug-likeness (QED) is 0.942. The molecule has 0 unspecified atom stereocenters. The van der Waals surface area contributed by atoms with Gasteiger partial charge in [0.25, 0.3) is 10.0 Å². The second kappa shape index (κ2) is 5.46. The summed E-state index contributed by atoms with van der Waals surface area (Å²) in [6, 6.07) is 13.4. The molecule has 0 fully saturated rings. The molecule has 0 aromatic heterocycles. The molecule has 22 heavy (non-hydrogen) atoms. The molecule has 1 N–H and O–H groups in total. The molecule has 0 atom stereocenters. The Bertz CT molecular complexity index is 817. The smallest absolute Gasteiger partial charge is 0.261 e. The van der Waals surface area contributed by atoms with E-state index in [-0.39, 0.29) is 10.8 Å². The van der Waals surface area contributed by atoms with Crippen LogP contribution < -0.4 is 9.62 Å². The van der Waals surface area contributed by atoms with Crippen LogP contribution in [0.2, 0.25) is 0 Å². The first-order valence-corrected chi connectivity index (χ1v) is 8.51. The highest BCUT2D eigenvalue weighted by atomic mass is 32.2. The second-order valence-electron chi connectivity index (χ2n) is 5.08. The highest BCUT2D eigenvalue weighted by Crippen LogP contribution is 2.31. The van der Waals surface area contributed by atoms with Crippen LogP contribution in [0.15, 0.2) is 53.4 Å². The van der Waals surface area contributed by atoms with Crippen LogP contribution in [0.5, 0.6) is 0 Å². The fraction of sp³-hybridized carbons (Fsp3) is 0.188. The normalized spacial score (nSPS) is 14.0. The lowest BCUT2D eigenvalue weighted by molar-refractivity contribution is -0.117. The van der Waals surface area contributed by atoms with Crippen LogP contribution in [0.1, 0.15) is 12.5 Å². The van der Waals surface area contributed by atoms with E-state index < -0.39 is 10.0 Å². The summed E-state index contributed by atoms with van der Waals surface area (Å²) in [6.45, 7) is 2.53. The molecule has 0 bridgehead atoms. The summed E-state index contributed by atoms with van der Waals surface area (Å²) < 4.78 is 27.2. The number of nitrogens with zero attached hydrogens (tertiary/aromatic N) is 1. The van der Waals surface area contributed by atoms with Crippen LogP contribution in [-0.2, 0) is 21.2 Å². The number of carbonyl (C=O) groups excluding carboxylic acids is 1. The van der Waals surface area contributed by atoms with E-state index in [1.165, 1.54) is 12.1 Å². The SMILES string of the molecule is CCN1C(=O)Cc2cc(NS(=O)(=O)c3ccccc3)ccc21. The molecule has 114 valence electrons. The van der Waals surface area contributed by atoms with Crippen LogP contribution in [0.4, 0.5) is 11.4 Å².